The van der Waals surface area contributed by atoms with Gasteiger partial charge in [-0.15, -0.1) is 0 Å². The Morgan fingerprint density at radius 3 is 1.40 bits per heavy atom. The van der Waals surface area contributed by atoms with E-state index in [-0.39, 0.29) is 10.8 Å². The molecule has 0 saturated carbocycles. The fraction of sp³-hybridized carbons (Fsp3) is 0.119. The molecule has 2 aliphatic rings. The highest BCUT2D eigenvalue weighted by Crippen LogP contribution is 2.58. The SMILES string of the molecule is CC(C)(C)c1ccc2c(c1)C(C)(C)c1cc3c4ccc5c6c(ccc(c7cccc(c1-2)c73)c64)-c1cc2c(-c3cc(F)cc(F)c3)c3ccccc3c(-c3cc(F)cc(F)c3)c2cc1-5. The highest BCUT2D eigenvalue weighted by molar-refractivity contribution is 6.39. The van der Waals surface area contributed by atoms with E-state index in [1.54, 1.807) is 0 Å². The van der Waals surface area contributed by atoms with Gasteiger partial charge in [0.25, 0.3) is 0 Å². The largest absolute Gasteiger partial charge is 0.207 e. The van der Waals surface area contributed by atoms with Gasteiger partial charge in [0.1, 0.15) is 23.3 Å². The molecule has 0 atom stereocenters. The molecule has 0 aliphatic heterocycles. The molecule has 2 aliphatic carbocycles. The first-order valence-electron chi connectivity index (χ1n) is 21.6. The summed E-state index contributed by atoms with van der Waals surface area (Å²) in [5, 5.41) is 12.6. The normalized spacial score (nSPS) is 13.9. The monoisotopic (exact) mass is 822 g/mol. The van der Waals surface area contributed by atoms with Crippen LogP contribution in [0.5, 0.6) is 0 Å². The minimum absolute atomic E-state index is 0.0248. The molecule has 0 saturated heterocycles. The predicted molar refractivity (Wildman–Crippen MR) is 254 cm³/mol. The van der Waals surface area contributed by atoms with Gasteiger partial charge in [-0.2, -0.15) is 0 Å². The van der Waals surface area contributed by atoms with Crippen LogP contribution >= 0.6 is 0 Å². The summed E-state index contributed by atoms with van der Waals surface area (Å²) in [4.78, 5) is 0. The van der Waals surface area contributed by atoms with Crippen LogP contribution in [0.3, 0.4) is 0 Å². The van der Waals surface area contributed by atoms with E-state index in [2.05, 4.69) is 113 Å². The average molecular weight is 823 g/mol. The number of hydrogen-bond donors (Lipinski definition) is 0. The Morgan fingerprint density at radius 1 is 0.349 bits per heavy atom. The van der Waals surface area contributed by atoms with E-state index in [0.29, 0.717) is 22.3 Å². The Morgan fingerprint density at radius 2 is 0.841 bits per heavy atom. The zero-order valence-corrected chi connectivity index (χ0v) is 35.3. The second-order valence-electron chi connectivity index (χ2n) is 19.3. The summed E-state index contributed by atoms with van der Waals surface area (Å²) in [7, 11) is 0. The molecule has 4 heteroatoms. The first-order chi connectivity index (χ1) is 30.3. The Bertz CT molecular complexity index is 3740. The molecule has 0 amide bonds. The highest BCUT2D eigenvalue weighted by Gasteiger charge is 2.39. The first-order valence-corrected chi connectivity index (χ1v) is 21.6. The number of fused-ring (bicyclic) bond motifs is 11. The molecule has 0 N–H and O–H groups in total. The van der Waals surface area contributed by atoms with Crippen molar-refractivity contribution in [2.45, 2.75) is 45.4 Å². The molecule has 11 aromatic carbocycles. The molecule has 0 heterocycles. The molecule has 0 fully saturated rings. The lowest BCUT2D eigenvalue weighted by Gasteiger charge is -2.25. The van der Waals surface area contributed by atoms with Crippen molar-refractivity contribution in [3.8, 4) is 55.6 Å². The van der Waals surface area contributed by atoms with Gasteiger partial charge >= 0.3 is 0 Å². The van der Waals surface area contributed by atoms with Gasteiger partial charge in [-0.1, -0.05) is 120 Å². The molecule has 0 bridgehead atoms. The summed E-state index contributed by atoms with van der Waals surface area (Å²) < 4.78 is 60.5. The van der Waals surface area contributed by atoms with Crippen molar-refractivity contribution in [1.82, 2.24) is 0 Å². The fourth-order valence-corrected chi connectivity index (χ4v) is 11.7. The molecule has 0 aromatic heterocycles. The van der Waals surface area contributed by atoms with Crippen molar-refractivity contribution in [3.63, 3.8) is 0 Å². The third kappa shape index (κ3) is 4.81. The summed E-state index contributed by atoms with van der Waals surface area (Å²) >= 11 is 0. The van der Waals surface area contributed by atoms with Crippen LogP contribution in [0.15, 0.2) is 140 Å². The van der Waals surface area contributed by atoms with Crippen molar-refractivity contribution in [1.29, 1.82) is 0 Å². The minimum Gasteiger partial charge on any atom is -0.207 e. The van der Waals surface area contributed by atoms with Crippen molar-refractivity contribution < 1.29 is 17.6 Å². The molecule has 0 nitrogen and oxygen atoms in total. The van der Waals surface area contributed by atoms with Gasteiger partial charge in [-0.25, -0.2) is 17.6 Å². The third-order valence-electron chi connectivity index (χ3n) is 14.4. The Labute approximate surface area is 361 Å². The van der Waals surface area contributed by atoms with E-state index >= 15 is 17.6 Å². The van der Waals surface area contributed by atoms with Crippen LogP contribution in [0.2, 0.25) is 0 Å². The van der Waals surface area contributed by atoms with Crippen molar-refractivity contribution in [3.05, 3.63) is 179 Å². The van der Waals surface area contributed by atoms with Gasteiger partial charge in [0, 0.05) is 17.5 Å². The van der Waals surface area contributed by atoms with Gasteiger partial charge in [0.2, 0.25) is 0 Å². The molecule has 302 valence electrons. The third-order valence-corrected chi connectivity index (χ3v) is 14.4. The van der Waals surface area contributed by atoms with Crippen LogP contribution in [0, 0.1) is 23.3 Å². The van der Waals surface area contributed by atoms with Crippen LogP contribution in [0.1, 0.15) is 51.3 Å². The maximum absolute atomic E-state index is 15.1. The molecular weight excluding hydrogens is 785 g/mol. The van der Waals surface area contributed by atoms with Gasteiger partial charge < -0.3 is 0 Å². The van der Waals surface area contributed by atoms with E-state index in [9.17, 15) is 0 Å². The van der Waals surface area contributed by atoms with Gasteiger partial charge in [-0.05, 0) is 185 Å². The quantitative estimate of drug-likeness (QED) is 0.0926. The topological polar surface area (TPSA) is 0 Å². The number of rotatable bonds is 2. The van der Waals surface area contributed by atoms with E-state index < -0.39 is 23.3 Å². The lowest BCUT2D eigenvalue weighted by molar-refractivity contribution is 0.583. The molecule has 0 spiro atoms. The predicted octanol–water partition coefficient (Wildman–Crippen LogP) is 17.2. The van der Waals surface area contributed by atoms with E-state index in [0.717, 1.165) is 61.3 Å². The molecule has 11 aromatic rings. The Hall–Kier alpha value is -7.04. The standard InChI is InChI=1S/C59H38F4/c1-58(2,3)31-13-14-43-50(23-31)59(4,5)51-28-49-42-18-17-41-46-27-48-47(26-45(46)40-16-15-39(56(42)57(40)41)38-11-8-12-44(54(38)49)55(43)51)52(29-19-32(60)24-33(61)20-29)36-9-6-7-10-37(36)53(48)30-21-34(62)25-35(63)22-30/h6-28H,1-5H3. The van der Waals surface area contributed by atoms with Crippen LogP contribution in [0.4, 0.5) is 17.6 Å². The van der Waals surface area contributed by atoms with Crippen LogP contribution in [0.25, 0.3) is 120 Å². The second kappa shape index (κ2) is 12.1. The fourth-order valence-electron chi connectivity index (χ4n) is 11.7. The van der Waals surface area contributed by atoms with E-state index in [1.165, 1.54) is 89.8 Å². The minimum atomic E-state index is -0.686. The Balaban J connectivity index is 1.14. The molecule has 63 heavy (non-hydrogen) atoms. The van der Waals surface area contributed by atoms with Crippen LogP contribution in [-0.2, 0) is 10.8 Å². The van der Waals surface area contributed by atoms with Gasteiger partial charge in [0.05, 0.1) is 0 Å². The van der Waals surface area contributed by atoms with Crippen molar-refractivity contribution >= 4 is 64.6 Å². The van der Waals surface area contributed by atoms with Gasteiger partial charge in [-0.3, -0.25) is 0 Å². The second-order valence-corrected chi connectivity index (χ2v) is 19.3. The molecule has 0 unspecified atom stereocenters. The molecule has 0 radical (unpaired) electrons. The smallest absolute Gasteiger partial charge is 0.126 e. The van der Waals surface area contributed by atoms with Gasteiger partial charge in [0.15, 0.2) is 0 Å². The zero-order chi connectivity index (χ0) is 43.0. The maximum Gasteiger partial charge on any atom is 0.126 e. The van der Waals surface area contributed by atoms with Crippen LogP contribution < -0.4 is 0 Å². The van der Waals surface area contributed by atoms with Crippen molar-refractivity contribution in [2.75, 3.05) is 0 Å². The highest BCUT2D eigenvalue weighted by atomic mass is 19.1. The number of benzene rings is 11. The summed E-state index contributed by atoms with van der Waals surface area (Å²) in [6, 6.07) is 44.3. The molecule has 13 rings (SSSR count). The summed E-state index contributed by atoms with van der Waals surface area (Å²) in [5.41, 5.74) is 12.7. The first kappa shape index (κ1) is 36.6. The number of halogens is 4. The number of hydrogen-bond acceptors (Lipinski definition) is 0. The van der Waals surface area contributed by atoms with E-state index in [4.69, 9.17) is 0 Å². The van der Waals surface area contributed by atoms with E-state index in [1.807, 2.05) is 24.3 Å². The lowest BCUT2D eigenvalue weighted by Crippen LogP contribution is -2.17. The van der Waals surface area contributed by atoms with Crippen LogP contribution in [-0.4, -0.2) is 0 Å². The molecular formula is C59H38F4. The lowest BCUT2D eigenvalue weighted by atomic mass is 9.78. The zero-order valence-electron chi connectivity index (χ0n) is 35.3. The summed E-state index contributed by atoms with van der Waals surface area (Å²) in [6.07, 6.45) is 0. The van der Waals surface area contributed by atoms with Crippen molar-refractivity contribution in [2.24, 2.45) is 0 Å². The average Bonchev–Trinajstić information content (AvgIpc) is 3.68. The Kier molecular flexibility index (Phi) is 7.03. The maximum atomic E-state index is 15.1. The summed E-state index contributed by atoms with van der Waals surface area (Å²) in [6.45, 7) is 11.5. The summed E-state index contributed by atoms with van der Waals surface area (Å²) in [5.74, 6) is -2.74.